The van der Waals surface area contributed by atoms with E-state index in [0.717, 1.165) is 38.8 Å². The first kappa shape index (κ1) is 20.7. The number of hydrogen-bond donors (Lipinski definition) is 0. The van der Waals surface area contributed by atoms with Crippen LogP contribution in [-0.4, -0.2) is 22.7 Å². The Morgan fingerprint density at radius 2 is 1.90 bits per heavy atom. The normalized spacial score (nSPS) is 11.1. The molecule has 6 heteroatoms. The Morgan fingerprint density at radius 1 is 1.17 bits per heavy atom. The maximum Gasteiger partial charge on any atom is 0.206 e. The highest BCUT2D eigenvalue weighted by atomic mass is 35.5. The molecule has 3 aromatic rings. The molecule has 0 saturated carbocycles. The van der Waals surface area contributed by atoms with Crippen molar-refractivity contribution in [1.29, 1.82) is 0 Å². The molecule has 0 aliphatic rings. The first-order valence-corrected chi connectivity index (χ1v) is 9.53. The van der Waals surface area contributed by atoms with E-state index in [1.807, 2.05) is 44.2 Å². The van der Waals surface area contributed by atoms with Crippen LogP contribution < -0.4 is 9.47 Å². The number of hydrogen-bond acceptors (Lipinski definition) is 4. The summed E-state index contributed by atoms with van der Waals surface area (Å²) in [5.41, 5.74) is 4.10. The van der Waals surface area contributed by atoms with E-state index in [1.54, 1.807) is 37.2 Å². The van der Waals surface area contributed by atoms with Gasteiger partial charge >= 0.3 is 0 Å². The monoisotopic (exact) mass is 410 g/mol. The molecule has 0 amide bonds. The van der Waals surface area contributed by atoms with Crippen LogP contribution in [0, 0.1) is 13.8 Å². The highest BCUT2D eigenvalue weighted by Crippen LogP contribution is 2.28. The second-order valence-corrected chi connectivity index (χ2v) is 7.18. The van der Waals surface area contributed by atoms with Crippen LogP contribution in [0.15, 0.2) is 48.7 Å². The third-order valence-electron chi connectivity index (χ3n) is 4.50. The van der Waals surface area contributed by atoms with Crippen molar-refractivity contribution < 1.29 is 14.3 Å². The molecule has 0 aliphatic heterocycles. The number of rotatable bonds is 7. The Bertz CT molecular complexity index is 1050. The van der Waals surface area contributed by atoms with Crippen molar-refractivity contribution in [2.45, 2.75) is 20.5 Å². The van der Waals surface area contributed by atoms with E-state index in [0.29, 0.717) is 12.3 Å². The van der Waals surface area contributed by atoms with Crippen LogP contribution >= 0.6 is 11.6 Å². The highest BCUT2D eigenvalue weighted by Gasteiger charge is 2.09. The Labute approximate surface area is 175 Å². The molecule has 5 nitrogen and oxygen atoms in total. The van der Waals surface area contributed by atoms with Gasteiger partial charge in [0.15, 0.2) is 0 Å². The van der Waals surface area contributed by atoms with Crippen molar-refractivity contribution in [2.75, 3.05) is 7.11 Å². The van der Waals surface area contributed by atoms with Crippen LogP contribution in [0.5, 0.6) is 11.5 Å². The topological polar surface area (TPSA) is 53.4 Å². The first-order valence-electron chi connectivity index (χ1n) is 9.16. The molecule has 0 spiro atoms. The van der Waals surface area contributed by atoms with Crippen LogP contribution in [0.25, 0.3) is 6.08 Å². The van der Waals surface area contributed by atoms with Gasteiger partial charge in [-0.05, 0) is 66.9 Å². The second-order valence-electron chi connectivity index (χ2n) is 6.80. The predicted octanol–water partition coefficient (Wildman–Crippen LogP) is 5.17. The van der Waals surface area contributed by atoms with Gasteiger partial charge in [0.2, 0.25) is 5.78 Å². The molecule has 150 valence electrons. The van der Waals surface area contributed by atoms with E-state index >= 15 is 0 Å². The van der Waals surface area contributed by atoms with Crippen LogP contribution in [0.3, 0.4) is 0 Å². The smallest absolute Gasteiger partial charge is 0.206 e. The molecule has 29 heavy (non-hydrogen) atoms. The van der Waals surface area contributed by atoms with Gasteiger partial charge in [-0.1, -0.05) is 23.7 Å². The van der Waals surface area contributed by atoms with Gasteiger partial charge in [0.1, 0.15) is 23.8 Å². The summed E-state index contributed by atoms with van der Waals surface area (Å²) in [6, 6.07) is 11.2. The van der Waals surface area contributed by atoms with Gasteiger partial charge in [-0.2, -0.15) is 5.10 Å². The van der Waals surface area contributed by atoms with Gasteiger partial charge in [-0.25, -0.2) is 0 Å². The largest absolute Gasteiger partial charge is 0.496 e. The van der Waals surface area contributed by atoms with Crippen molar-refractivity contribution in [2.24, 2.45) is 7.05 Å². The van der Waals surface area contributed by atoms with E-state index in [9.17, 15) is 4.79 Å². The summed E-state index contributed by atoms with van der Waals surface area (Å²) in [5.74, 6) is 1.32. The Morgan fingerprint density at radius 3 is 2.52 bits per heavy atom. The van der Waals surface area contributed by atoms with E-state index in [2.05, 4.69) is 5.10 Å². The highest BCUT2D eigenvalue weighted by molar-refractivity contribution is 6.32. The third kappa shape index (κ3) is 5.06. The molecule has 2 aromatic carbocycles. The summed E-state index contributed by atoms with van der Waals surface area (Å²) >= 11 is 6.22. The zero-order valence-electron chi connectivity index (χ0n) is 16.9. The molecule has 3 rings (SSSR count). The number of aryl methyl sites for hydroxylation is 3. The van der Waals surface area contributed by atoms with Gasteiger partial charge < -0.3 is 9.47 Å². The van der Waals surface area contributed by atoms with Crippen molar-refractivity contribution >= 4 is 23.5 Å². The van der Waals surface area contributed by atoms with Crippen molar-refractivity contribution in [3.05, 3.63) is 81.6 Å². The molecular weight excluding hydrogens is 388 g/mol. The summed E-state index contributed by atoms with van der Waals surface area (Å²) in [6.45, 7) is 4.24. The summed E-state index contributed by atoms with van der Waals surface area (Å²) in [4.78, 5) is 12.2. The minimum Gasteiger partial charge on any atom is -0.496 e. The average Bonchev–Trinajstić information content (AvgIpc) is 3.15. The maximum atomic E-state index is 12.2. The number of carbonyl (C=O) groups is 1. The van der Waals surface area contributed by atoms with Crippen LogP contribution in [-0.2, 0) is 13.7 Å². The number of methoxy groups -OCH3 is 1. The zero-order chi connectivity index (χ0) is 21.0. The second kappa shape index (κ2) is 8.97. The number of allylic oxidation sites excluding steroid dienone is 1. The maximum absolute atomic E-state index is 12.2. The molecule has 0 fully saturated rings. The Balaban J connectivity index is 1.76. The standard InChI is InChI=1S/C23H23ClN2O3/c1-15-11-19(12-16(2)23(15)24)29-14-18-13-17(6-8-22(18)28-4)5-7-21(27)20-9-10-26(3)25-20/h5-13H,14H2,1-4H3/b7-5+. The number of nitrogens with zero attached hydrogens (tertiary/aromatic N) is 2. The Kier molecular flexibility index (Phi) is 6.39. The molecule has 0 unspecified atom stereocenters. The predicted molar refractivity (Wildman–Crippen MR) is 115 cm³/mol. The molecule has 0 N–H and O–H groups in total. The quantitative estimate of drug-likeness (QED) is 0.398. The van der Waals surface area contributed by atoms with E-state index in [1.165, 1.54) is 6.08 Å². The van der Waals surface area contributed by atoms with Crippen LogP contribution in [0.4, 0.5) is 0 Å². The lowest BCUT2D eigenvalue weighted by atomic mass is 10.1. The van der Waals surface area contributed by atoms with Gasteiger partial charge in [0.05, 0.1) is 7.11 Å². The molecular formula is C23H23ClN2O3. The lowest BCUT2D eigenvalue weighted by Crippen LogP contribution is -2.00. The zero-order valence-corrected chi connectivity index (χ0v) is 17.7. The third-order valence-corrected chi connectivity index (χ3v) is 5.10. The van der Waals surface area contributed by atoms with Gasteiger partial charge in [-0.15, -0.1) is 0 Å². The minimum atomic E-state index is -0.147. The SMILES string of the molecule is COc1ccc(/C=C/C(=O)c2ccn(C)n2)cc1COc1cc(C)c(Cl)c(C)c1. The van der Waals surface area contributed by atoms with Crippen LogP contribution in [0.2, 0.25) is 5.02 Å². The van der Waals surface area contributed by atoms with E-state index in [4.69, 9.17) is 21.1 Å². The average molecular weight is 411 g/mol. The van der Waals surface area contributed by atoms with Gasteiger partial charge in [0.25, 0.3) is 0 Å². The first-order chi connectivity index (χ1) is 13.9. The lowest BCUT2D eigenvalue weighted by molar-refractivity contribution is 0.104. The number of aromatic nitrogens is 2. The van der Waals surface area contributed by atoms with Crippen molar-refractivity contribution in [1.82, 2.24) is 9.78 Å². The summed E-state index contributed by atoms with van der Waals surface area (Å²) < 4.78 is 13.0. The minimum absolute atomic E-state index is 0.147. The fraction of sp³-hybridized carbons (Fsp3) is 0.217. The molecule has 1 aromatic heterocycles. The lowest BCUT2D eigenvalue weighted by Gasteiger charge is -2.13. The fourth-order valence-electron chi connectivity index (χ4n) is 2.97. The molecule has 0 saturated heterocycles. The van der Waals surface area contributed by atoms with Gasteiger partial charge in [0, 0.05) is 23.8 Å². The molecule has 0 bridgehead atoms. The molecule has 0 radical (unpaired) electrons. The number of ether oxygens (including phenoxy) is 2. The number of benzene rings is 2. The number of halogens is 1. The van der Waals surface area contributed by atoms with E-state index < -0.39 is 0 Å². The number of ketones is 1. The summed E-state index contributed by atoms with van der Waals surface area (Å²) in [6.07, 6.45) is 5.02. The summed E-state index contributed by atoms with van der Waals surface area (Å²) in [5, 5.41) is 4.87. The van der Waals surface area contributed by atoms with E-state index in [-0.39, 0.29) is 5.78 Å². The number of carbonyl (C=O) groups excluding carboxylic acids is 1. The Hall–Kier alpha value is -3.05. The molecule has 1 heterocycles. The molecule has 0 atom stereocenters. The molecule has 0 aliphatic carbocycles. The fourth-order valence-corrected chi connectivity index (χ4v) is 3.08. The van der Waals surface area contributed by atoms with Crippen molar-refractivity contribution in [3.63, 3.8) is 0 Å². The summed E-state index contributed by atoms with van der Waals surface area (Å²) in [7, 11) is 3.40. The van der Waals surface area contributed by atoms with Gasteiger partial charge in [-0.3, -0.25) is 9.48 Å². The van der Waals surface area contributed by atoms with Crippen molar-refractivity contribution in [3.8, 4) is 11.5 Å². The van der Waals surface area contributed by atoms with Crippen LogP contribution in [0.1, 0.15) is 32.7 Å².